The fourth-order valence-corrected chi connectivity index (χ4v) is 7.94. The minimum atomic E-state index is -1.06. The third-order valence-electron chi connectivity index (χ3n) is 12.2. The van der Waals surface area contributed by atoms with E-state index in [2.05, 4.69) is 31.9 Å². The summed E-state index contributed by atoms with van der Waals surface area (Å²) in [7, 11) is 0. The number of carboxylic acids is 1. The van der Waals surface area contributed by atoms with Crippen LogP contribution in [-0.4, -0.2) is 193 Å². The minimum absolute atomic E-state index is 0. The van der Waals surface area contributed by atoms with Crippen molar-refractivity contribution in [2.75, 3.05) is 120 Å². The lowest BCUT2D eigenvalue weighted by atomic mass is 9.97. The highest BCUT2D eigenvalue weighted by molar-refractivity contribution is 5.82. The number of hydrogen-bond acceptors (Lipinski definition) is 20. The molecule has 1 aromatic carbocycles. The van der Waals surface area contributed by atoms with Crippen LogP contribution in [0.2, 0.25) is 0 Å². The van der Waals surface area contributed by atoms with Gasteiger partial charge in [-0.15, -0.1) is 16.6 Å². The molecule has 26 heteroatoms. The van der Waals surface area contributed by atoms with Crippen molar-refractivity contribution in [2.24, 2.45) is 17.4 Å². The highest BCUT2D eigenvalue weighted by Gasteiger charge is 2.35. The van der Waals surface area contributed by atoms with Gasteiger partial charge >= 0.3 is 5.97 Å². The summed E-state index contributed by atoms with van der Waals surface area (Å²) in [5.74, 6) is 2.20. The minimum Gasteiger partial charge on any atom is -1.00 e. The number of nitrogens with zero attached hydrogens (tertiary/aromatic N) is 13. The Morgan fingerprint density at radius 3 is 1.92 bits per heavy atom. The third kappa shape index (κ3) is 15.9. The monoisotopic (exact) mass is 1010 g/mol. The van der Waals surface area contributed by atoms with Crippen molar-refractivity contribution >= 4 is 35.6 Å². The third-order valence-corrected chi connectivity index (χ3v) is 12.2. The number of terminal acetylenes is 1. The van der Waals surface area contributed by atoms with E-state index < -0.39 is 30.1 Å². The first-order valence-electron chi connectivity index (χ1n) is 23.6. The molecule has 2 amide bonds. The zero-order valence-corrected chi connectivity index (χ0v) is 41.0. The Kier molecular flexibility index (Phi) is 21.9. The first kappa shape index (κ1) is 55.7. The number of aliphatic hydroxyl groups excluding tert-OH is 1. The number of aliphatic hydroxyl groups is 1. The Hall–Kier alpha value is -6.27. The van der Waals surface area contributed by atoms with Crippen LogP contribution in [0.1, 0.15) is 74.2 Å². The summed E-state index contributed by atoms with van der Waals surface area (Å²) in [6.07, 6.45) is 9.33. The average Bonchev–Trinajstić information content (AvgIpc) is 4.07. The van der Waals surface area contributed by atoms with E-state index in [1.807, 2.05) is 40.7 Å². The van der Waals surface area contributed by atoms with Crippen molar-refractivity contribution in [2.45, 2.75) is 63.7 Å². The van der Waals surface area contributed by atoms with Crippen molar-refractivity contribution in [1.29, 1.82) is 0 Å². The highest BCUT2D eigenvalue weighted by Crippen LogP contribution is 2.27. The maximum Gasteiger partial charge on any atom is 0.303 e. The van der Waals surface area contributed by atoms with E-state index in [4.69, 9.17) is 47.1 Å². The lowest BCUT2D eigenvalue weighted by Crippen LogP contribution is -3.00. The normalized spacial score (nSPS) is 16.1. The summed E-state index contributed by atoms with van der Waals surface area (Å²) in [5.41, 5.74) is 14.2. The van der Waals surface area contributed by atoms with Gasteiger partial charge in [-0.05, 0) is 36.5 Å². The second-order valence-corrected chi connectivity index (χ2v) is 17.1. The predicted molar refractivity (Wildman–Crippen MR) is 254 cm³/mol. The Morgan fingerprint density at radius 1 is 0.789 bits per heavy atom. The van der Waals surface area contributed by atoms with Gasteiger partial charge in [-0.3, -0.25) is 14.4 Å². The van der Waals surface area contributed by atoms with Gasteiger partial charge in [0.2, 0.25) is 29.7 Å². The van der Waals surface area contributed by atoms with E-state index in [1.165, 1.54) is 10.9 Å². The fraction of sp³-hybridized carbons (Fsp3) is 0.600. The zero-order valence-electron chi connectivity index (χ0n) is 40.2. The number of amides is 2. The molecule has 25 nitrogen and oxygen atoms in total. The maximum absolute atomic E-state index is 14.3. The zero-order chi connectivity index (χ0) is 50.0. The lowest BCUT2D eigenvalue weighted by molar-refractivity contribution is -0.139. The van der Waals surface area contributed by atoms with E-state index in [0.29, 0.717) is 109 Å². The van der Waals surface area contributed by atoms with Crippen LogP contribution < -0.4 is 39.0 Å². The van der Waals surface area contributed by atoms with Crippen molar-refractivity contribution in [1.82, 2.24) is 54.7 Å². The number of aromatic nitrogens is 9. The summed E-state index contributed by atoms with van der Waals surface area (Å²) in [4.78, 5) is 61.8. The Morgan fingerprint density at radius 2 is 1.34 bits per heavy atom. The number of anilines is 3. The van der Waals surface area contributed by atoms with Crippen molar-refractivity contribution in [3.8, 4) is 18.1 Å². The number of phenolic OH excluding ortho intramolecular Hbond substituents is 1. The van der Waals surface area contributed by atoms with Gasteiger partial charge in [0, 0.05) is 65.3 Å². The molecule has 2 saturated heterocycles. The second-order valence-electron chi connectivity index (χ2n) is 17.1. The van der Waals surface area contributed by atoms with Gasteiger partial charge in [0.1, 0.15) is 30.1 Å². The smallest absolute Gasteiger partial charge is 0.303 e. The molecule has 3 unspecified atom stereocenters. The van der Waals surface area contributed by atoms with Crippen LogP contribution in [0.15, 0.2) is 36.7 Å². The number of benzene rings is 1. The number of halogens is 1. The first-order chi connectivity index (χ1) is 33.9. The van der Waals surface area contributed by atoms with Gasteiger partial charge in [0.05, 0.1) is 69.8 Å². The molecule has 8 N–H and O–H groups in total. The summed E-state index contributed by atoms with van der Waals surface area (Å²) in [6, 6.07) is 4.03. The van der Waals surface area contributed by atoms with E-state index in [9.17, 15) is 29.7 Å². The van der Waals surface area contributed by atoms with Crippen LogP contribution in [0.4, 0.5) is 17.8 Å². The number of nitrogens with two attached hydrogens (primary N) is 2. The molecule has 388 valence electrons. The molecule has 2 aliphatic heterocycles. The van der Waals surface area contributed by atoms with E-state index in [-0.39, 0.29) is 80.7 Å². The van der Waals surface area contributed by atoms with Gasteiger partial charge in [0.15, 0.2) is 0 Å². The largest absolute Gasteiger partial charge is 1.00 e. The molecule has 71 heavy (non-hydrogen) atoms. The van der Waals surface area contributed by atoms with Crippen LogP contribution in [0.3, 0.4) is 0 Å². The predicted octanol–water partition coefficient (Wildman–Crippen LogP) is -3.22. The molecule has 0 spiro atoms. The molecule has 2 aliphatic rings. The van der Waals surface area contributed by atoms with Gasteiger partial charge in [-0.2, -0.15) is 15.0 Å². The summed E-state index contributed by atoms with van der Waals surface area (Å²) in [6.45, 7) is 9.13. The Labute approximate surface area is 418 Å². The number of rotatable bonds is 27. The molecule has 5 atom stereocenters. The van der Waals surface area contributed by atoms with Crippen molar-refractivity contribution in [3.63, 3.8) is 0 Å². The van der Waals surface area contributed by atoms with Gasteiger partial charge in [-0.1, -0.05) is 48.7 Å². The van der Waals surface area contributed by atoms with E-state index in [0.717, 1.165) is 12.0 Å². The molecule has 5 heterocycles. The van der Waals surface area contributed by atoms with Crippen LogP contribution in [0.5, 0.6) is 5.75 Å². The van der Waals surface area contributed by atoms with E-state index >= 15 is 0 Å². The van der Waals surface area contributed by atoms with Gasteiger partial charge < -0.3 is 78.3 Å². The topological polar surface area (TPSA) is 317 Å². The van der Waals surface area contributed by atoms with Crippen LogP contribution in [0.25, 0.3) is 0 Å². The van der Waals surface area contributed by atoms with Crippen LogP contribution >= 0.6 is 0 Å². The number of piperazine rings is 2. The average molecular weight is 1010 g/mol. The number of aromatic hydroxyl groups is 1. The molecule has 0 bridgehead atoms. The fourth-order valence-electron chi connectivity index (χ4n) is 7.94. The molecule has 0 aliphatic carbocycles. The van der Waals surface area contributed by atoms with Crippen molar-refractivity contribution in [3.05, 3.63) is 53.6 Å². The Bertz CT molecular complexity index is 2320. The van der Waals surface area contributed by atoms with Gasteiger partial charge in [-0.25, -0.2) is 9.36 Å². The van der Waals surface area contributed by atoms with Crippen LogP contribution in [-0.2, 0) is 35.0 Å². The van der Waals surface area contributed by atoms with E-state index in [1.54, 1.807) is 27.9 Å². The lowest BCUT2D eigenvalue weighted by Gasteiger charge is -2.38. The number of carbonyl (C=O) groups is 3. The number of ether oxygens (including phenoxy) is 3. The molecule has 2 fully saturated rings. The number of carboxylic acid groups (broad SMARTS) is 1. The molecular weight excluding hydrogens is 944 g/mol. The van der Waals surface area contributed by atoms with Crippen molar-refractivity contribution < 1.29 is 56.3 Å². The summed E-state index contributed by atoms with van der Waals surface area (Å²) in [5, 5.41) is 48.7. The first-order valence-corrected chi connectivity index (χ1v) is 23.6. The van der Waals surface area contributed by atoms with Crippen LogP contribution in [0, 0.1) is 18.3 Å². The molecule has 4 aromatic rings. The summed E-state index contributed by atoms with van der Waals surface area (Å²) < 4.78 is 19.4. The summed E-state index contributed by atoms with van der Waals surface area (Å²) >= 11 is 0. The number of nitrogens with one attached hydrogen (secondary N) is 1. The SMILES string of the molecule is C#CCOCCOCCOCCNc1nc(N2CCN(C(=O)C([C@@H](C)CC)n3cc(C(N)Cc4ccc(O)cc4)nn3)CC2)nc(N2CCN(C(=O)[C@H](CCC(=O)O)n3cc(C(N)CO)nn3)CC2)n1.[Cl-]. The molecule has 3 aromatic heterocycles. The Balaban J connectivity index is 0.00000937. The number of phenols is 1. The maximum atomic E-state index is 14.3. The molecule has 0 saturated carbocycles. The molecule has 6 rings (SSSR count). The second kappa shape index (κ2) is 27.9. The number of carbonyl (C=O) groups excluding carboxylic acids is 2. The highest BCUT2D eigenvalue weighted by atomic mass is 35.5. The molecular formula is C45H66ClN16O9-. The van der Waals surface area contributed by atoms with Gasteiger partial charge in [0.25, 0.3) is 0 Å². The number of aliphatic carboxylic acids is 1. The number of hydrogen-bond donors (Lipinski definition) is 6. The molecule has 0 radical (unpaired) electrons. The standard InChI is InChI=1S/C45H66N16O9.ClH/c1-4-21-68-23-25-70-26-24-69-22-12-48-43-49-44(58-17-13-56(14-18-58)41(66)38(10-11-39(64)65)60-28-37(53-54-60)35(47)30-62)51-45(50-43)59-19-15-57(16-20-59)42(67)40(31(3)5-2)61-29-36(52-55-61)34(46)27-32-6-8-33(63)9-7-32;/h1,6-9,28-29,31,34-35,38,40,62-63H,5,10-27,30,46-47H2,2-3H3,(H,64,65)(H,48,49,50,51);1H/p-1/t31-,34?,35?,38-,40?;/m0./s1. The quantitative estimate of drug-likeness (QED) is 0.0253.